The summed E-state index contributed by atoms with van der Waals surface area (Å²) in [6.07, 6.45) is 10.2. The lowest BCUT2D eigenvalue weighted by atomic mass is 9.71. The van der Waals surface area contributed by atoms with Gasteiger partial charge in [0.1, 0.15) is 5.60 Å². The highest BCUT2D eigenvalue weighted by Crippen LogP contribution is 2.42. The lowest BCUT2D eigenvalue weighted by molar-refractivity contribution is 0.0265. The number of hydrogen-bond donors (Lipinski definition) is 1. The number of allylic oxidation sites excluding steroid dienone is 1. The van der Waals surface area contributed by atoms with Gasteiger partial charge in [0.2, 0.25) is 0 Å². The van der Waals surface area contributed by atoms with Crippen LogP contribution in [0.2, 0.25) is 0 Å². The predicted molar refractivity (Wildman–Crippen MR) is 87.7 cm³/mol. The van der Waals surface area contributed by atoms with Gasteiger partial charge in [-0.15, -0.1) is 0 Å². The lowest BCUT2D eigenvalue weighted by Crippen LogP contribution is -2.49. The molecule has 122 valence electrons. The van der Waals surface area contributed by atoms with Crippen molar-refractivity contribution in [2.45, 2.75) is 51.7 Å². The fourth-order valence-electron chi connectivity index (χ4n) is 3.57. The predicted octanol–water partition coefficient (Wildman–Crippen LogP) is 3.11. The maximum atomic E-state index is 12.0. The first-order chi connectivity index (χ1) is 10.4. The van der Waals surface area contributed by atoms with Crippen molar-refractivity contribution in [3.63, 3.8) is 0 Å². The van der Waals surface area contributed by atoms with Gasteiger partial charge >= 0.3 is 6.09 Å². The Bertz CT molecular complexity index is 490. The third kappa shape index (κ3) is 3.54. The van der Waals surface area contributed by atoms with E-state index in [1.54, 1.807) is 4.90 Å². The van der Waals surface area contributed by atoms with Crippen molar-refractivity contribution in [3.8, 4) is 0 Å². The number of rotatable bonds is 3. The molecule has 3 rings (SSSR count). The summed E-state index contributed by atoms with van der Waals surface area (Å²) in [6, 6.07) is 0.661. The quantitative estimate of drug-likeness (QED) is 0.815. The molecule has 1 saturated carbocycles. The summed E-state index contributed by atoms with van der Waals surface area (Å²) < 4.78 is 5.42. The van der Waals surface area contributed by atoms with Crippen LogP contribution >= 0.6 is 0 Å². The van der Waals surface area contributed by atoms with Gasteiger partial charge in [0, 0.05) is 25.7 Å². The van der Waals surface area contributed by atoms with Gasteiger partial charge in [0.05, 0.1) is 0 Å². The van der Waals surface area contributed by atoms with Crippen molar-refractivity contribution in [3.05, 3.63) is 23.8 Å². The van der Waals surface area contributed by atoms with Crippen LogP contribution in [-0.4, -0.2) is 42.3 Å². The van der Waals surface area contributed by atoms with Gasteiger partial charge in [-0.05, 0) is 51.9 Å². The molecule has 1 heterocycles. The Morgan fingerprint density at radius 1 is 1.45 bits per heavy atom. The minimum absolute atomic E-state index is 0.200. The van der Waals surface area contributed by atoms with Crippen molar-refractivity contribution in [1.29, 1.82) is 0 Å². The zero-order valence-electron chi connectivity index (χ0n) is 14.0. The summed E-state index contributed by atoms with van der Waals surface area (Å²) in [7, 11) is 0. The molecule has 2 aliphatic carbocycles. The SMILES string of the molecule is CC(C)(C)OC(=O)N1CC=C(CNC2CC3CC=CC32)CC1. The second-order valence-electron chi connectivity index (χ2n) is 7.76. The van der Waals surface area contributed by atoms with E-state index in [1.807, 2.05) is 20.8 Å². The first-order valence-corrected chi connectivity index (χ1v) is 8.48. The Morgan fingerprint density at radius 3 is 2.91 bits per heavy atom. The molecule has 1 aliphatic heterocycles. The minimum Gasteiger partial charge on any atom is -0.444 e. The number of carbonyl (C=O) groups excluding carboxylic acids is 1. The molecule has 0 bridgehead atoms. The van der Waals surface area contributed by atoms with Crippen molar-refractivity contribution in [2.24, 2.45) is 11.8 Å². The first-order valence-electron chi connectivity index (χ1n) is 8.48. The second kappa shape index (κ2) is 6.07. The van der Waals surface area contributed by atoms with E-state index in [2.05, 4.69) is 23.5 Å². The molecule has 4 heteroatoms. The van der Waals surface area contributed by atoms with Gasteiger partial charge in [-0.2, -0.15) is 0 Å². The molecular formula is C18H28N2O2. The summed E-state index contributed by atoms with van der Waals surface area (Å²) in [4.78, 5) is 13.8. The molecule has 1 amide bonds. The third-order valence-corrected chi connectivity index (χ3v) is 4.91. The van der Waals surface area contributed by atoms with Gasteiger partial charge in [0.25, 0.3) is 0 Å². The van der Waals surface area contributed by atoms with Gasteiger partial charge in [-0.25, -0.2) is 4.79 Å². The summed E-state index contributed by atoms with van der Waals surface area (Å²) >= 11 is 0. The van der Waals surface area contributed by atoms with Crippen LogP contribution in [0.15, 0.2) is 23.8 Å². The topological polar surface area (TPSA) is 41.6 Å². The molecule has 0 spiro atoms. The third-order valence-electron chi connectivity index (χ3n) is 4.91. The summed E-state index contributed by atoms with van der Waals surface area (Å²) in [5, 5.41) is 3.69. The van der Waals surface area contributed by atoms with Crippen LogP contribution < -0.4 is 5.32 Å². The number of amides is 1. The molecule has 0 aromatic carbocycles. The Balaban J connectivity index is 1.42. The molecule has 3 aliphatic rings. The Kier molecular flexibility index (Phi) is 4.31. The molecule has 0 saturated heterocycles. The average molecular weight is 304 g/mol. The maximum Gasteiger partial charge on any atom is 0.410 e. The summed E-state index contributed by atoms with van der Waals surface area (Å²) in [6.45, 7) is 8.11. The van der Waals surface area contributed by atoms with E-state index < -0.39 is 5.60 Å². The van der Waals surface area contributed by atoms with Crippen LogP contribution in [0.3, 0.4) is 0 Å². The Labute approximate surface area is 133 Å². The lowest BCUT2D eigenvalue weighted by Gasteiger charge is -2.41. The number of nitrogens with zero attached hydrogens (tertiary/aromatic N) is 1. The normalized spacial score (nSPS) is 30.6. The fraction of sp³-hybridized carbons (Fsp3) is 0.722. The van der Waals surface area contributed by atoms with E-state index in [-0.39, 0.29) is 6.09 Å². The van der Waals surface area contributed by atoms with E-state index in [0.29, 0.717) is 12.6 Å². The molecule has 4 nitrogen and oxygen atoms in total. The van der Waals surface area contributed by atoms with Crippen LogP contribution in [0.1, 0.15) is 40.0 Å². The number of nitrogens with one attached hydrogen (secondary N) is 1. The molecule has 22 heavy (non-hydrogen) atoms. The first kappa shape index (κ1) is 15.6. The highest BCUT2D eigenvalue weighted by molar-refractivity contribution is 5.68. The molecule has 3 unspecified atom stereocenters. The van der Waals surface area contributed by atoms with E-state index in [1.165, 1.54) is 18.4 Å². The van der Waals surface area contributed by atoms with E-state index in [9.17, 15) is 4.79 Å². The summed E-state index contributed by atoms with van der Waals surface area (Å²) in [5.41, 5.74) is 1.00. The van der Waals surface area contributed by atoms with Crippen LogP contribution in [0.5, 0.6) is 0 Å². The van der Waals surface area contributed by atoms with Crippen molar-refractivity contribution in [2.75, 3.05) is 19.6 Å². The van der Waals surface area contributed by atoms with E-state index >= 15 is 0 Å². The van der Waals surface area contributed by atoms with E-state index in [0.717, 1.165) is 31.3 Å². The van der Waals surface area contributed by atoms with Crippen molar-refractivity contribution >= 4 is 6.09 Å². The van der Waals surface area contributed by atoms with E-state index in [4.69, 9.17) is 4.74 Å². The molecule has 1 N–H and O–H groups in total. The van der Waals surface area contributed by atoms with Crippen molar-refractivity contribution < 1.29 is 9.53 Å². The molecular weight excluding hydrogens is 276 g/mol. The van der Waals surface area contributed by atoms with Gasteiger partial charge < -0.3 is 15.0 Å². The molecule has 1 fully saturated rings. The zero-order valence-corrected chi connectivity index (χ0v) is 14.0. The molecule has 0 radical (unpaired) electrons. The molecule has 0 aromatic heterocycles. The fourth-order valence-corrected chi connectivity index (χ4v) is 3.57. The highest BCUT2D eigenvalue weighted by Gasteiger charge is 2.40. The number of hydrogen-bond acceptors (Lipinski definition) is 3. The number of ether oxygens (including phenoxy) is 1. The highest BCUT2D eigenvalue weighted by atomic mass is 16.6. The Hall–Kier alpha value is -1.29. The number of fused-ring (bicyclic) bond motifs is 1. The maximum absolute atomic E-state index is 12.0. The molecule has 3 atom stereocenters. The number of carbonyl (C=O) groups is 1. The zero-order chi connectivity index (χ0) is 15.7. The standard InChI is InChI=1S/C18H28N2O2/c1-18(2,3)22-17(21)20-9-7-13(8-10-20)12-19-16-11-14-5-4-6-15(14)16/h4,6-7,14-16,19H,5,8-12H2,1-3H3. The summed E-state index contributed by atoms with van der Waals surface area (Å²) in [5.74, 6) is 1.67. The van der Waals surface area contributed by atoms with Crippen molar-refractivity contribution in [1.82, 2.24) is 10.2 Å². The van der Waals surface area contributed by atoms with Crippen LogP contribution in [-0.2, 0) is 4.74 Å². The average Bonchev–Trinajstić information content (AvgIpc) is 2.79. The Morgan fingerprint density at radius 2 is 2.27 bits per heavy atom. The monoisotopic (exact) mass is 304 g/mol. The van der Waals surface area contributed by atoms with Crippen LogP contribution in [0.25, 0.3) is 0 Å². The van der Waals surface area contributed by atoms with Gasteiger partial charge in [0.15, 0.2) is 0 Å². The largest absolute Gasteiger partial charge is 0.444 e. The minimum atomic E-state index is -0.418. The molecule has 0 aromatic rings. The van der Waals surface area contributed by atoms with Crippen LogP contribution in [0.4, 0.5) is 4.79 Å². The van der Waals surface area contributed by atoms with Gasteiger partial charge in [-0.3, -0.25) is 0 Å². The van der Waals surface area contributed by atoms with Gasteiger partial charge in [-0.1, -0.05) is 23.8 Å². The second-order valence-corrected chi connectivity index (χ2v) is 7.76. The van der Waals surface area contributed by atoms with Crippen LogP contribution in [0, 0.1) is 11.8 Å². The smallest absolute Gasteiger partial charge is 0.410 e.